The Kier molecular flexibility index (Phi) is 4.47. The molecule has 0 bridgehead atoms. The van der Waals surface area contributed by atoms with E-state index in [0.717, 1.165) is 5.56 Å². The van der Waals surface area contributed by atoms with Crippen LogP contribution in [0.4, 0.5) is 0 Å². The second-order valence-electron chi connectivity index (χ2n) is 4.04. The van der Waals surface area contributed by atoms with Gasteiger partial charge in [-0.15, -0.1) is 0 Å². The molecule has 0 atom stereocenters. The average molecular weight is 276 g/mol. The summed E-state index contributed by atoms with van der Waals surface area (Å²) >= 11 is 5.75. The predicted molar refractivity (Wildman–Crippen MR) is 73.6 cm³/mol. The molecule has 1 amide bonds. The molecule has 2 heterocycles. The van der Waals surface area contributed by atoms with Crippen LogP contribution < -0.4 is 5.49 Å². The highest BCUT2D eigenvalue weighted by Crippen LogP contribution is 2.06. The third-order valence-electron chi connectivity index (χ3n) is 2.60. The lowest BCUT2D eigenvalue weighted by Gasteiger charge is -2.07. The van der Waals surface area contributed by atoms with Gasteiger partial charge in [-0.05, 0) is 23.8 Å². The first-order valence-electron chi connectivity index (χ1n) is 6.02. The molecule has 2 rings (SSSR count). The Balaban J connectivity index is 2.32. The van der Waals surface area contributed by atoms with E-state index in [0.29, 0.717) is 23.6 Å². The molecular formula is C14H14ClN3O. The summed E-state index contributed by atoms with van der Waals surface area (Å²) < 4.78 is 1.90. The maximum absolute atomic E-state index is 11.4. The Labute approximate surface area is 116 Å². The fraction of sp³-hybridized carbons (Fsp3) is 0.214. The van der Waals surface area contributed by atoms with Crippen LogP contribution in [0, 0.1) is 0 Å². The molecule has 0 aliphatic heterocycles. The van der Waals surface area contributed by atoms with Gasteiger partial charge in [0, 0.05) is 18.8 Å². The van der Waals surface area contributed by atoms with Gasteiger partial charge in [0.25, 0.3) is 0 Å². The van der Waals surface area contributed by atoms with Crippen molar-refractivity contribution in [3.8, 4) is 0 Å². The summed E-state index contributed by atoms with van der Waals surface area (Å²) in [6.07, 6.45) is 4.00. The molecule has 0 radical (unpaired) electrons. The molecule has 4 nitrogen and oxygen atoms in total. The van der Waals surface area contributed by atoms with E-state index in [1.807, 2.05) is 35.0 Å². The van der Waals surface area contributed by atoms with Gasteiger partial charge in [-0.3, -0.25) is 4.79 Å². The topological polar surface area (TPSA) is 47.2 Å². The average Bonchev–Trinajstić information content (AvgIpc) is 2.43. The van der Waals surface area contributed by atoms with Gasteiger partial charge in [0.05, 0.1) is 6.54 Å². The zero-order chi connectivity index (χ0) is 13.7. The lowest BCUT2D eigenvalue weighted by Crippen LogP contribution is -2.21. The van der Waals surface area contributed by atoms with Crippen LogP contribution in [0.15, 0.2) is 47.7 Å². The third kappa shape index (κ3) is 3.76. The smallest absolute Gasteiger partial charge is 0.247 e. The van der Waals surface area contributed by atoms with E-state index in [1.165, 1.54) is 0 Å². The molecule has 2 aromatic rings. The zero-order valence-electron chi connectivity index (χ0n) is 10.6. The molecule has 2 aromatic heterocycles. The second kappa shape index (κ2) is 6.29. The van der Waals surface area contributed by atoms with Gasteiger partial charge in [0.2, 0.25) is 5.91 Å². The van der Waals surface area contributed by atoms with Crippen molar-refractivity contribution in [1.29, 1.82) is 0 Å². The van der Waals surface area contributed by atoms with E-state index in [9.17, 15) is 4.79 Å². The highest BCUT2D eigenvalue weighted by molar-refractivity contribution is 6.29. The normalized spacial score (nSPS) is 11.6. The first kappa shape index (κ1) is 13.5. The molecule has 0 aromatic carbocycles. The van der Waals surface area contributed by atoms with Crippen LogP contribution in [-0.2, 0) is 11.3 Å². The first-order chi connectivity index (χ1) is 9.19. The first-order valence-corrected chi connectivity index (χ1v) is 6.40. The Bertz CT molecular complexity index is 632. The standard InChI is InChI=1S/C14H14ClN3O/c1-2-14(19)17-13-5-3-4-8-18(13)10-11-6-7-12(15)16-9-11/h3-9H,2,10H2,1H3. The maximum atomic E-state index is 11.4. The van der Waals surface area contributed by atoms with E-state index < -0.39 is 0 Å². The summed E-state index contributed by atoms with van der Waals surface area (Å²) in [5.41, 5.74) is 1.64. The number of pyridine rings is 2. The summed E-state index contributed by atoms with van der Waals surface area (Å²) in [6.45, 7) is 2.39. The van der Waals surface area contributed by atoms with Crippen LogP contribution in [0.25, 0.3) is 0 Å². The number of hydrogen-bond donors (Lipinski definition) is 0. The number of aromatic nitrogens is 2. The van der Waals surface area contributed by atoms with Crippen molar-refractivity contribution in [2.45, 2.75) is 19.9 Å². The molecular weight excluding hydrogens is 262 g/mol. The minimum absolute atomic E-state index is 0.130. The Morgan fingerprint density at radius 3 is 2.89 bits per heavy atom. The van der Waals surface area contributed by atoms with E-state index in [2.05, 4.69) is 9.98 Å². The number of carbonyl (C=O) groups is 1. The highest BCUT2D eigenvalue weighted by atomic mass is 35.5. The number of hydrogen-bond acceptors (Lipinski definition) is 2. The fourth-order valence-corrected chi connectivity index (χ4v) is 1.72. The Morgan fingerprint density at radius 1 is 1.37 bits per heavy atom. The molecule has 19 heavy (non-hydrogen) atoms. The van der Waals surface area contributed by atoms with Gasteiger partial charge in [0.15, 0.2) is 0 Å². The van der Waals surface area contributed by atoms with Crippen LogP contribution in [0.3, 0.4) is 0 Å². The molecule has 0 N–H and O–H groups in total. The summed E-state index contributed by atoms with van der Waals surface area (Å²) in [5.74, 6) is -0.130. The lowest BCUT2D eigenvalue weighted by molar-refractivity contribution is -0.117. The molecule has 5 heteroatoms. The van der Waals surface area contributed by atoms with Crippen molar-refractivity contribution in [1.82, 2.24) is 9.55 Å². The SMILES string of the molecule is CCC(=O)N=c1ccccn1Cc1ccc(Cl)nc1. The number of nitrogens with zero attached hydrogens (tertiary/aromatic N) is 3. The second-order valence-corrected chi connectivity index (χ2v) is 4.42. The van der Waals surface area contributed by atoms with E-state index >= 15 is 0 Å². The number of amides is 1. The third-order valence-corrected chi connectivity index (χ3v) is 2.82. The molecule has 0 saturated heterocycles. The molecule has 0 aliphatic rings. The molecule has 98 valence electrons. The summed E-state index contributed by atoms with van der Waals surface area (Å²) in [5, 5.41) is 0.466. The summed E-state index contributed by atoms with van der Waals surface area (Å²) in [4.78, 5) is 19.5. The number of halogens is 1. The van der Waals surface area contributed by atoms with Gasteiger partial charge < -0.3 is 4.57 Å². The van der Waals surface area contributed by atoms with Gasteiger partial charge in [-0.2, -0.15) is 4.99 Å². The van der Waals surface area contributed by atoms with Crippen LogP contribution >= 0.6 is 11.6 Å². The quantitative estimate of drug-likeness (QED) is 0.808. The maximum Gasteiger partial charge on any atom is 0.247 e. The van der Waals surface area contributed by atoms with Gasteiger partial charge in [0.1, 0.15) is 10.6 Å². The number of carbonyl (C=O) groups excluding carboxylic acids is 1. The fourth-order valence-electron chi connectivity index (χ4n) is 1.61. The Morgan fingerprint density at radius 2 is 2.21 bits per heavy atom. The van der Waals surface area contributed by atoms with Crippen LogP contribution in [0.1, 0.15) is 18.9 Å². The van der Waals surface area contributed by atoms with Crippen molar-refractivity contribution in [2.75, 3.05) is 0 Å². The molecule has 0 fully saturated rings. The van der Waals surface area contributed by atoms with E-state index in [-0.39, 0.29) is 5.91 Å². The zero-order valence-corrected chi connectivity index (χ0v) is 11.3. The molecule has 0 aliphatic carbocycles. The largest absolute Gasteiger partial charge is 0.328 e. The molecule has 0 spiro atoms. The Hall–Kier alpha value is -1.94. The van der Waals surface area contributed by atoms with Gasteiger partial charge in [-0.25, -0.2) is 4.98 Å². The van der Waals surface area contributed by atoms with Crippen molar-refractivity contribution in [2.24, 2.45) is 4.99 Å². The van der Waals surface area contributed by atoms with E-state index in [1.54, 1.807) is 19.2 Å². The lowest BCUT2D eigenvalue weighted by atomic mass is 10.3. The van der Waals surface area contributed by atoms with Crippen molar-refractivity contribution >= 4 is 17.5 Å². The highest BCUT2D eigenvalue weighted by Gasteiger charge is 1.99. The van der Waals surface area contributed by atoms with Crippen LogP contribution in [-0.4, -0.2) is 15.5 Å². The summed E-state index contributed by atoms with van der Waals surface area (Å²) in [7, 11) is 0. The minimum atomic E-state index is -0.130. The van der Waals surface area contributed by atoms with Gasteiger partial charge >= 0.3 is 0 Å². The van der Waals surface area contributed by atoms with Crippen molar-refractivity contribution < 1.29 is 4.79 Å². The van der Waals surface area contributed by atoms with Crippen LogP contribution in [0.2, 0.25) is 5.15 Å². The molecule has 0 saturated carbocycles. The summed E-state index contributed by atoms with van der Waals surface area (Å²) in [6, 6.07) is 9.23. The van der Waals surface area contributed by atoms with E-state index in [4.69, 9.17) is 11.6 Å². The van der Waals surface area contributed by atoms with Crippen LogP contribution in [0.5, 0.6) is 0 Å². The number of rotatable bonds is 3. The van der Waals surface area contributed by atoms with Crippen molar-refractivity contribution in [3.05, 3.63) is 58.9 Å². The molecule has 0 unspecified atom stereocenters. The monoisotopic (exact) mass is 275 g/mol. The van der Waals surface area contributed by atoms with Crippen molar-refractivity contribution in [3.63, 3.8) is 0 Å². The minimum Gasteiger partial charge on any atom is -0.328 e. The van der Waals surface area contributed by atoms with Gasteiger partial charge in [-0.1, -0.05) is 30.7 Å². The predicted octanol–water partition coefficient (Wildman–Crippen LogP) is 2.42.